The van der Waals surface area contributed by atoms with Crippen molar-refractivity contribution in [1.82, 2.24) is 10.6 Å². The Morgan fingerprint density at radius 3 is 2.19 bits per heavy atom. The Kier molecular flexibility index (Phi) is 2.42. The number of urea groups is 1. The van der Waals surface area contributed by atoms with Gasteiger partial charge in [-0.25, -0.2) is 4.79 Å². The fourth-order valence-electron chi connectivity index (χ4n) is 2.11. The molecule has 0 unspecified atom stereocenters. The molecule has 2 rings (SSSR count). The average molecular weight is 218 g/mol. The van der Waals surface area contributed by atoms with Crippen LogP contribution in [0.25, 0.3) is 0 Å². The molecule has 4 heteroatoms. The third-order valence-corrected chi connectivity index (χ3v) is 2.99. The number of nitrogens with one attached hydrogen (secondary N) is 2. The zero-order valence-electron chi connectivity index (χ0n) is 9.28. The molecular formula is C12H14N2O2. The number of hydrogen-bond acceptors (Lipinski definition) is 2. The van der Waals surface area contributed by atoms with Crippen molar-refractivity contribution >= 4 is 11.9 Å². The highest BCUT2D eigenvalue weighted by molar-refractivity contribution is 6.07. The molecule has 1 aromatic carbocycles. The van der Waals surface area contributed by atoms with Gasteiger partial charge in [-0.1, -0.05) is 44.2 Å². The maximum atomic E-state index is 12.0. The number of amides is 3. The van der Waals surface area contributed by atoms with Gasteiger partial charge in [-0.2, -0.15) is 0 Å². The summed E-state index contributed by atoms with van der Waals surface area (Å²) in [6.07, 6.45) is 0. The summed E-state index contributed by atoms with van der Waals surface area (Å²) in [5.74, 6) is -0.292. The fourth-order valence-corrected chi connectivity index (χ4v) is 2.11. The zero-order valence-corrected chi connectivity index (χ0v) is 9.28. The van der Waals surface area contributed by atoms with Crippen LogP contribution >= 0.6 is 0 Å². The summed E-state index contributed by atoms with van der Waals surface area (Å²) < 4.78 is 0. The van der Waals surface area contributed by atoms with Crippen LogP contribution in [-0.2, 0) is 10.3 Å². The van der Waals surface area contributed by atoms with Crippen LogP contribution in [0.5, 0.6) is 0 Å². The molecule has 1 aliphatic heterocycles. The summed E-state index contributed by atoms with van der Waals surface area (Å²) in [6.45, 7) is 3.83. The maximum absolute atomic E-state index is 12.0. The van der Waals surface area contributed by atoms with Gasteiger partial charge in [-0.3, -0.25) is 10.1 Å². The molecule has 0 bridgehead atoms. The van der Waals surface area contributed by atoms with Crippen molar-refractivity contribution in [3.05, 3.63) is 35.9 Å². The maximum Gasteiger partial charge on any atom is 0.322 e. The van der Waals surface area contributed by atoms with E-state index in [1.807, 2.05) is 44.2 Å². The van der Waals surface area contributed by atoms with E-state index in [4.69, 9.17) is 0 Å². The lowest BCUT2D eigenvalue weighted by atomic mass is 9.80. The van der Waals surface area contributed by atoms with E-state index >= 15 is 0 Å². The Balaban J connectivity index is 2.53. The topological polar surface area (TPSA) is 58.2 Å². The van der Waals surface area contributed by atoms with E-state index in [0.29, 0.717) is 0 Å². The molecule has 0 aliphatic carbocycles. The third-order valence-electron chi connectivity index (χ3n) is 2.99. The quantitative estimate of drug-likeness (QED) is 0.737. The Morgan fingerprint density at radius 1 is 1.12 bits per heavy atom. The predicted molar refractivity (Wildman–Crippen MR) is 59.6 cm³/mol. The first-order valence-electron chi connectivity index (χ1n) is 5.26. The van der Waals surface area contributed by atoms with E-state index in [9.17, 15) is 9.59 Å². The van der Waals surface area contributed by atoms with Gasteiger partial charge in [0, 0.05) is 0 Å². The highest BCUT2D eigenvalue weighted by atomic mass is 16.2. The molecule has 1 heterocycles. The molecule has 1 atom stereocenters. The van der Waals surface area contributed by atoms with Crippen LogP contribution in [0.2, 0.25) is 0 Å². The SMILES string of the molecule is CC(C)[C@@]1(c2ccccc2)NC(=O)NC1=O. The third kappa shape index (κ3) is 1.38. The minimum atomic E-state index is -0.932. The second kappa shape index (κ2) is 3.63. The number of carbonyl (C=O) groups excluding carboxylic acids is 2. The molecule has 0 radical (unpaired) electrons. The van der Waals surface area contributed by atoms with E-state index in [1.54, 1.807) is 0 Å². The molecule has 2 N–H and O–H groups in total. The summed E-state index contributed by atoms with van der Waals surface area (Å²) in [5, 5.41) is 5.03. The molecule has 1 saturated heterocycles. The molecule has 84 valence electrons. The number of benzene rings is 1. The van der Waals surface area contributed by atoms with Gasteiger partial charge in [0.15, 0.2) is 0 Å². The molecule has 16 heavy (non-hydrogen) atoms. The average Bonchev–Trinajstić information content (AvgIpc) is 2.56. The van der Waals surface area contributed by atoms with Gasteiger partial charge in [0.1, 0.15) is 5.54 Å². The fraction of sp³-hybridized carbons (Fsp3) is 0.333. The van der Waals surface area contributed by atoms with Gasteiger partial charge in [0.05, 0.1) is 0 Å². The van der Waals surface area contributed by atoms with E-state index in [1.165, 1.54) is 0 Å². The van der Waals surface area contributed by atoms with Crippen LogP contribution in [0.3, 0.4) is 0 Å². The minimum absolute atomic E-state index is 0.0126. The Labute approximate surface area is 94.0 Å². The number of imide groups is 1. The van der Waals surface area contributed by atoms with Crippen molar-refractivity contribution in [3.63, 3.8) is 0 Å². The first-order chi connectivity index (χ1) is 7.57. The van der Waals surface area contributed by atoms with Gasteiger partial charge >= 0.3 is 6.03 Å². The van der Waals surface area contributed by atoms with Crippen LogP contribution in [0.1, 0.15) is 19.4 Å². The van der Waals surface area contributed by atoms with Gasteiger partial charge in [0.25, 0.3) is 5.91 Å². The van der Waals surface area contributed by atoms with Gasteiger partial charge in [0.2, 0.25) is 0 Å². The lowest BCUT2D eigenvalue weighted by Crippen LogP contribution is -2.48. The number of carbonyl (C=O) groups is 2. The summed E-state index contributed by atoms with van der Waals surface area (Å²) in [6, 6.07) is 8.87. The molecule has 1 aromatic rings. The highest BCUT2D eigenvalue weighted by Gasteiger charge is 2.49. The standard InChI is InChI=1S/C12H14N2O2/c1-8(2)12(9-6-4-3-5-7-9)10(15)13-11(16)14-12/h3-8H,1-2H3,(H2,13,14,15,16)/t12-/m0/s1. The molecule has 4 nitrogen and oxygen atoms in total. The second-order valence-corrected chi connectivity index (χ2v) is 4.24. The number of hydrogen-bond donors (Lipinski definition) is 2. The van der Waals surface area contributed by atoms with Crippen molar-refractivity contribution in [1.29, 1.82) is 0 Å². The lowest BCUT2D eigenvalue weighted by Gasteiger charge is -2.30. The largest absolute Gasteiger partial charge is 0.322 e. The molecule has 0 saturated carbocycles. The summed E-state index contributed by atoms with van der Waals surface area (Å²) in [5.41, 5.74) is -0.119. The van der Waals surface area contributed by atoms with Crippen LogP contribution in [0, 0.1) is 5.92 Å². The van der Waals surface area contributed by atoms with E-state index < -0.39 is 11.6 Å². The van der Waals surface area contributed by atoms with Crippen molar-refractivity contribution in [2.45, 2.75) is 19.4 Å². The molecule has 0 spiro atoms. The highest BCUT2D eigenvalue weighted by Crippen LogP contribution is 2.32. The Hall–Kier alpha value is -1.84. The van der Waals surface area contributed by atoms with Gasteiger partial charge < -0.3 is 5.32 Å². The molecule has 0 aromatic heterocycles. The second-order valence-electron chi connectivity index (χ2n) is 4.24. The van der Waals surface area contributed by atoms with E-state index in [0.717, 1.165) is 5.56 Å². The summed E-state index contributed by atoms with van der Waals surface area (Å²) >= 11 is 0. The van der Waals surface area contributed by atoms with Gasteiger partial charge in [-0.05, 0) is 11.5 Å². The molecule has 3 amide bonds. The van der Waals surface area contributed by atoms with E-state index in [2.05, 4.69) is 10.6 Å². The van der Waals surface area contributed by atoms with Gasteiger partial charge in [-0.15, -0.1) is 0 Å². The van der Waals surface area contributed by atoms with Crippen molar-refractivity contribution in [2.75, 3.05) is 0 Å². The first kappa shape index (κ1) is 10.7. The zero-order chi connectivity index (χ0) is 11.8. The monoisotopic (exact) mass is 218 g/mol. The normalized spacial score (nSPS) is 24.4. The summed E-state index contributed by atoms with van der Waals surface area (Å²) in [4.78, 5) is 23.3. The van der Waals surface area contributed by atoms with Crippen LogP contribution < -0.4 is 10.6 Å². The van der Waals surface area contributed by atoms with Crippen molar-refractivity contribution in [2.24, 2.45) is 5.92 Å². The van der Waals surface area contributed by atoms with E-state index in [-0.39, 0.29) is 11.8 Å². The molecule has 1 aliphatic rings. The molecular weight excluding hydrogens is 204 g/mol. The number of rotatable bonds is 2. The van der Waals surface area contributed by atoms with Crippen molar-refractivity contribution in [3.8, 4) is 0 Å². The Morgan fingerprint density at radius 2 is 1.75 bits per heavy atom. The smallest absolute Gasteiger partial charge is 0.319 e. The lowest BCUT2D eigenvalue weighted by molar-refractivity contribution is -0.125. The van der Waals surface area contributed by atoms with Crippen LogP contribution in [0.4, 0.5) is 4.79 Å². The predicted octanol–water partition coefficient (Wildman–Crippen LogP) is 1.38. The minimum Gasteiger partial charge on any atom is -0.319 e. The Bertz CT molecular complexity index is 428. The van der Waals surface area contributed by atoms with Crippen molar-refractivity contribution < 1.29 is 9.59 Å². The summed E-state index contributed by atoms with van der Waals surface area (Å²) in [7, 11) is 0. The van der Waals surface area contributed by atoms with Crippen LogP contribution in [0.15, 0.2) is 30.3 Å². The van der Waals surface area contributed by atoms with Crippen LogP contribution in [-0.4, -0.2) is 11.9 Å². The first-order valence-corrected chi connectivity index (χ1v) is 5.26. The molecule has 1 fully saturated rings.